The van der Waals surface area contributed by atoms with Crippen LogP contribution in [0, 0.1) is 0 Å². The maximum atomic E-state index is 12.2. The van der Waals surface area contributed by atoms with Gasteiger partial charge < -0.3 is 14.4 Å². The first kappa shape index (κ1) is 29.5. The van der Waals surface area contributed by atoms with Crippen molar-refractivity contribution in [3.8, 4) is 22.6 Å². The summed E-state index contributed by atoms with van der Waals surface area (Å²) in [5.41, 5.74) is 5.59. The van der Waals surface area contributed by atoms with Gasteiger partial charge >= 0.3 is 11.9 Å². The van der Waals surface area contributed by atoms with Crippen molar-refractivity contribution in [2.75, 3.05) is 4.90 Å². The van der Waals surface area contributed by atoms with Crippen LogP contribution in [-0.2, 0) is 9.59 Å². The number of carbonyl (C=O) groups excluding carboxylic acids is 2. The number of ether oxygens (including phenoxy) is 2. The zero-order chi connectivity index (χ0) is 32.7. The molecule has 5 heteroatoms. The van der Waals surface area contributed by atoms with E-state index in [-0.39, 0.29) is 0 Å². The predicted octanol–water partition coefficient (Wildman–Crippen LogP) is 10.7. The van der Waals surface area contributed by atoms with Crippen LogP contribution in [0.15, 0.2) is 152 Å². The summed E-state index contributed by atoms with van der Waals surface area (Å²) in [6.07, 6.45) is 0. The summed E-state index contributed by atoms with van der Waals surface area (Å²) >= 11 is 0. The molecule has 0 radical (unpaired) electrons. The Balaban J connectivity index is 1.31. The lowest BCUT2D eigenvalue weighted by molar-refractivity contribution is -0.130. The average molecular weight is 614 g/mol. The molecule has 7 aromatic carbocycles. The molecular weight excluding hydrogens is 582 g/mol. The predicted molar refractivity (Wildman–Crippen MR) is 191 cm³/mol. The Kier molecular flexibility index (Phi) is 7.50. The van der Waals surface area contributed by atoms with Crippen LogP contribution in [0.5, 0.6) is 11.5 Å². The Morgan fingerprint density at radius 2 is 0.936 bits per heavy atom. The van der Waals surface area contributed by atoms with Crippen molar-refractivity contribution in [3.63, 3.8) is 0 Å². The van der Waals surface area contributed by atoms with Gasteiger partial charge in [0.15, 0.2) is 0 Å². The number of anilines is 3. The zero-order valence-corrected chi connectivity index (χ0v) is 26.1. The number of carbonyl (C=O) groups is 2. The lowest BCUT2D eigenvalue weighted by Crippen LogP contribution is -2.11. The van der Waals surface area contributed by atoms with Crippen molar-refractivity contribution in [2.45, 2.75) is 13.8 Å². The molecule has 0 unspecified atom stereocenters. The van der Waals surface area contributed by atoms with Crippen LogP contribution >= 0.6 is 0 Å². The second-order valence-electron chi connectivity index (χ2n) is 11.7. The largest absolute Gasteiger partial charge is 0.423 e. The van der Waals surface area contributed by atoms with Gasteiger partial charge in [-0.05, 0) is 107 Å². The van der Waals surface area contributed by atoms with Crippen molar-refractivity contribution in [1.29, 1.82) is 0 Å². The van der Waals surface area contributed by atoms with E-state index in [1.165, 1.54) is 26.9 Å². The quantitative estimate of drug-likeness (QED) is 0.0739. The highest BCUT2D eigenvalue weighted by Crippen LogP contribution is 2.44. The molecule has 0 N–H and O–H groups in total. The van der Waals surface area contributed by atoms with Gasteiger partial charge in [0.25, 0.3) is 0 Å². The van der Waals surface area contributed by atoms with Crippen molar-refractivity contribution in [3.05, 3.63) is 152 Å². The summed E-state index contributed by atoms with van der Waals surface area (Å²) in [6, 6.07) is 42.8. The third-order valence-electron chi connectivity index (χ3n) is 8.27. The van der Waals surface area contributed by atoms with E-state index in [2.05, 4.69) is 96.9 Å². The van der Waals surface area contributed by atoms with Crippen LogP contribution in [0.1, 0.15) is 13.8 Å². The van der Waals surface area contributed by atoms with E-state index in [4.69, 9.17) is 9.47 Å². The molecule has 7 rings (SSSR count). The molecule has 0 aliphatic rings. The zero-order valence-electron chi connectivity index (χ0n) is 26.1. The third-order valence-corrected chi connectivity index (χ3v) is 8.27. The number of hydrogen-bond donors (Lipinski definition) is 0. The SMILES string of the molecule is C=C(C)C(=O)Oc1ccc(-c2ccc(N(c3ccc(OC(=O)C(=C)C)cc3)c3ccc4ccc5cccc6ccc3c4c56)cc2)cc1. The molecule has 0 atom stereocenters. The summed E-state index contributed by atoms with van der Waals surface area (Å²) in [6.45, 7) is 10.6. The molecule has 0 aromatic heterocycles. The minimum Gasteiger partial charge on any atom is -0.423 e. The van der Waals surface area contributed by atoms with Gasteiger partial charge in [0.05, 0.1) is 5.69 Å². The highest BCUT2D eigenvalue weighted by atomic mass is 16.5. The Morgan fingerprint density at radius 3 is 1.47 bits per heavy atom. The summed E-state index contributed by atoms with van der Waals surface area (Å²) < 4.78 is 10.8. The Bertz CT molecular complexity index is 2300. The van der Waals surface area contributed by atoms with Gasteiger partial charge in [-0.15, -0.1) is 0 Å². The van der Waals surface area contributed by atoms with E-state index in [0.29, 0.717) is 22.6 Å². The van der Waals surface area contributed by atoms with Crippen LogP contribution in [0.2, 0.25) is 0 Å². The fourth-order valence-electron chi connectivity index (χ4n) is 5.91. The number of esters is 2. The van der Waals surface area contributed by atoms with Gasteiger partial charge in [-0.25, -0.2) is 9.59 Å². The molecule has 228 valence electrons. The highest BCUT2D eigenvalue weighted by Gasteiger charge is 2.19. The first-order valence-corrected chi connectivity index (χ1v) is 15.3. The normalized spacial score (nSPS) is 11.1. The molecule has 0 amide bonds. The van der Waals surface area contributed by atoms with Crippen LogP contribution < -0.4 is 14.4 Å². The minimum absolute atomic E-state index is 0.340. The molecule has 0 aliphatic heterocycles. The highest BCUT2D eigenvalue weighted by molar-refractivity contribution is 6.25. The average Bonchev–Trinajstić information content (AvgIpc) is 3.09. The van der Waals surface area contributed by atoms with Crippen LogP contribution in [0.25, 0.3) is 43.4 Å². The maximum Gasteiger partial charge on any atom is 0.338 e. The summed E-state index contributed by atoms with van der Waals surface area (Å²) in [5, 5.41) is 7.20. The summed E-state index contributed by atoms with van der Waals surface area (Å²) in [4.78, 5) is 26.3. The summed E-state index contributed by atoms with van der Waals surface area (Å²) in [5.74, 6) is 0.00993. The van der Waals surface area contributed by atoms with E-state index in [0.717, 1.165) is 33.6 Å². The van der Waals surface area contributed by atoms with Gasteiger partial charge in [-0.1, -0.05) is 86.0 Å². The fourth-order valence-corrected chi connectivity index (χ4v) is 5.91. The van der Waals surface area contributed by atoms with Gasteiger partial charge in [0.2, 0.25) is 0 Å². The second-order valence-corrected chi connectivity index (χ2v) is 11.7. The summed E-state index contributed by atoms with van der Waals surface area (Å²) in [7, 11) is 0. The molecular formula is C42H31NO4. The smallest absolute Gasteiger partial charge is 0.338 e. The first-order chi connectivity index (χ1) is 22.8. The second kappa shape index (κ2) is 12.0. The maximum absolute atomic E-state index is 12.2. The monoisotopic (exact) mass is 613 g/mol. The Hall–Kier alpha value is -6.20. The van der Waals surface area contributed by atoms with Crippen molar-refractivity contribution in [2.24, 2.45) is 0 Å². The van der Waals surface area contributed by atoms with Gasteiger partial charge in [0, 0.05) is 27.9 Å². The molecule has 0 aliphatic carbocycles. The number of hydrogen-bond acceptors (Lipinski definition) is 5. The molecule has 0 saturated carbocycles. The lowest BCUT2D eigenvalue weighted by atomic mass is 9.93. The molecule has 0 heterocycles. The topological polar surface area (TPSA) is 55.8 Å². The molecule has 47 heavy (non-hydrogen) atoms. The number of rotatable bonds is 8. The molecule has 0 spiro atoms. The van der Waals surface area contributed by atoms with E-state index in [1.807, 2.05) is 24.3 Å². The first-order valence-electron chi connectivity index (χ1n) is 15.3. The lowest BCUT2D eigenvalue weighted by Gasteiger charge is -2.28. The minimum atomic E-state index is -0.459. The molecule has 0 bridgehead atoms. The van der Waals surface area contributed by atoms with E-state index < -0.39 is 11.9 Å². The van der Waals surface area contributed by atoms with Crippen LogP contribution in [0.3, 0.4) is 0 Å². The fraction of sp³-hybridized carbons (Fsp3) is 0.0476. The standard InChI is InChI=1S/C42H31NO4/c1-26(2)41(44)46-35-20-12-29(13-21-35)28-10-16-33(17-11-28)43(34-18-22-36(23-19-34)47-42(45)27(3)4)38-25-15-32-9-8-30-6-5-7-31-14-24-37(38)40(32)39(30)31/h5-25H,1,3H2,2,4H3. The molecule has 5 nitrogen and oxygen atoms in total. The van der Waals surface area contributed by atoms with Gasteiger partial charge in [-0.2, -0.15) is 0 Å². The van der Waals surface area contributed by atoms with E-state index in [9.17, 15) is 9.59 Å². The van der Waals surface area contributed by atoms with E-state index >= 15 is 0 Å². The van der Waals surface area contributed by atoms with Gasteiger partial charge in [-0.3, -0.25) is 0 Å². The molecule has 0 saturated heterocycles. The number of nitrogens with zero attached hydrogens (tertiary/aromatic N) is 1. The van der Waals surface area contributed by atoms with Crippen LogP contribution in [-0.4, -0.2) is 11.9 Å². The molecule has 0 fully saturated rings. The van der Waals surface area contributed by atoms with E-state index in [1.54, 1.807) is 38.1 Å². The Morgan fingerprint density at radius 1 is 0.511 bits per heavy atom. The Labute approximate surface area is 272 Å². The van der Waals surface area contributed by atoms with Crippen molar-refractivity contribution < 1.29 is 19.1 Å². The van der Waals surface area contributed by atoms with Crippen molar-refractivity contribution in [1.82, 2.24) is 0 Å². The third kappa shape index (κ3) is 5.60. The number of benzene rings is 7. The van der Waals surface area contributed by atoms with Gasteiger partial charge in [0.1, 0.15) is 11.5 Å². The molecule has 7 aromatic rings. The van der Waals surface area contributed by atoms with Crippen molar-refractivity contribution >= 4 is 61.3 Å². The van der Waals surface area contributed by atoms with Crippen LogP contribution in [0.4, 0.5) is 17.1 Å².